The van der Waals surface area contributed by atoms with Crippen LogP contribution in [0.3, 0.4) is 0 Å². The van der Waals surface area contributed by atoms with Crippen LogP contribution in [0.2, 0.25) is 0 Å². The first-order valence-electron chi connectivity index (χ1n) is 8.65. The van der Waals surface area contributed by atoms with Gasteiger partial charge in [-0.3, -0.25) is 9.78 Å². The van der Waals surface area contributed by atoms with Crippen LogP contribution in [-0.4, -0.2) is 15.8 Å². The highest BCUT2D eigenvalue weighted by Crippen LogP contribution is 2.35. The molecule has 130 valence electrons. The van der Waals surface area contributed by atoms with Crippen LogP contribution in [0.15, 0.2) is 60.9 Å². The molecule has 1 atom stereocenters. The molecule has 0 saturated heterocycles. The van der Waals surface area contributed by atoms with Gasteiger partial charge in [0.25, 0.3) is 5.91 Å². The lowest BCUT2D eigenvalue weighted by molar-refractivity contribution is 0.0715. The molecule has 0 fully saturated rings. The van der Waals surface area contributed by atoms with E-state index in [4.69, 9.17) is 0 Å². The molecule has 2 aromatic carbocycles. The van der Waals surface area contributed by atoms with Gasteiger partial charge in [0.1, 0.15) is 5.82 Å². The average molecular weight is 346 g/mol. The summed E-state index contributed by atoms with van der Waals surface area (Å²) in [6, 6.07) is 14.3. The topological polar surface area (TPSA) is 33.2 Å². The van der Waals surface area contributed by atoms with Gasteiger partial charge in [-0.15, -0.1) is 0 Å². The first-order chi connectivity index (χ1) is 12.5. The molecule has 0 bridgehead atoms. The molecule has 0 radical (unpaired) electrons. The maximum atomic E-state index is 13.2. The quantitative estimate of drug-likeness (QED) is 0.675. The van der Waals surface area contributed by atoms with E-state index in [-0.39, 0.29) is 17.8 Å². The fourth-order valence-electron chi connectivity index (χ4n) is 3.62. The Labute approximate surface area is 152 Å². The van der Waals surface area contributed by atoms with Crippen molar-refractivity contribution in [3.63, 3.8) is 0 Å². The van der Waals surface area contributed by atoms with Crippen molar-refractivity contribution in [2.45, 2.75) is 26.4 Å². The van der Waals surface area contributed by atoms with Gasteiger partial charge in [0.2, 0.25) is 0 Å². The van der Waals surface area contributed by atoms with E-state index in [0.717, 1.165) is 33.4 Å². The molecule has 0 saturated carbocycles. The predicted octanol–water partition coefficient (Wildman–Crippen LogP) is 4.91. The van der Waals surface area contributed by atoms with Crippen LogP contribution in [0.5, 0.6) is 0 Å². The number of aromatic nitrogens is 1. The molecule has 4 rings (SSSR count). The number of amides is 1. The first kappa shape index (κ1) is 16.5. The molecule has 26 heavy (non-hydrogen) atoms. The number of halogens is 1. The molecule has 3 aromatic rings. The predicted molar refractivity (Wildman–Crippen MR) is 99.1 cm³/mol. The fraction of sp³-hybridized carbons (Fsp3) is 0.182. The number of rotatable bonds is 3. The molecule has 4 heteroatoms. The molecular formula is C22H19FN2O. The van der Waals surface area contributed by atoms with E-state index in [1.54, 1.807) is 18.3 Å². The third-order valence-corrected chi connectivity index (χ3v) is 5.05. The van der Waals surface area contributed by atoms with Crippen LogP contribution in [0, 0.1) is 12.7 Å². The minimum Gasteiger partial charge on any atom is -0.328 e. The number of carbonyl (C=O) groups is 1. The Kier molecular flexibility index (Phi) is 4.03. The van der Waals surface area contributed by atoms with Crippen molar-refractivity contribution >= 4 is 5.91 Å². The number of hydrogen-bond acceptors (Lipinski definition) is 2. The number of hydrogen-bond donors (Lipinski definition) is 0. The Morgan fingerprint density at radius 3 is 2.58 bits per heavy atom. The lowest BCUT2D eigenvalue weighted by Gasteiger charge is -2.24. The zero-order valence-electron chi connectivity index (χ0n) is 14.7. The summed E-state index contributed by atoms with van der Waals surface area (Å²) in [4.78, 5) is 19.0. The smallest absolute Gasteiger partial charge is 0.255 e. The second-order valence-corrected chi connectivity index (χ2v) is 6.73. The molecule has 1 amide bonds. The Morgan fingerprint density at radius 1 is 1.12 bits per heavy atom. The number of aryl methyl sites for hydroxylation is 1. The maximum Gasteiger partial charge on any atom is 0.255 e. The van der Waals surface area contributed by atoms with Crippen molar-refractivity contribution in [1.29, 1.82) is 0 Å². The van der Waals surface area contributed by atoms with Crippen LogP contribution < -0.4 is 0 Å². The van der Waals surface area contributed by atoms with Gasteiger partial charge >= 0.3 is 0 Å². The minimum atomic E-state index is -0.269. The highest BCUT2D eigenvalue weighted by Gasteiger charge is 2.33. The van der Waals surface area contributed by atoms with E-state index in [9.17, 15) is 9.18 Å². The molecule has 1 aliphatic heterocycles. The second-order valence-electron chi connectivity index (χ2n) is 6.73. The average Bonchev–Trinajstić information content (AvgIpc) is 2.99. The van der Waals surface area contributed by atoms with Gasteiger partial charge < -0.3 is 4.90 Å². The number of carbonyl (C=O) groups excluding carboxylic acids is 1. The van der Waals surface area contributed by atoms with Crippen LogP contribution in [0.25, 0.3) is 11.1 Å². The molecule has 1 aliphatic rings. The normalized spacial score (nSPS) is 14.4. The van der Waals surface area contributed by atoms with Crippen molar-refractivity contribution < 1.29 is 9.18 Å². The summed E-state index contributed by atoms with van der Waals surface area (Å²) in [6.07, 6.45) is 3.58. The van der Waals surface area contributed by atoms with E-state index in [2.05, 4.69) is 11.1 Å². The largest absolute Gasteiger partial charge is 0.328 e. The van der Waals surface area contributed by atoms with Crippen LogP contribution in [0.4, 0.5) is 4.39 Å². The third-order valence-electron chi connectivity index (χ3n) is 5.05. The van der Waals surface area contributed by atoms with Gasteiger partial charge in [0, 0.05) is 30.1 Å². The van der Waals surface area contributed by atoms with Gasteiger partial charge in [-0.05, 0) is 60.4 Å². The monoisotopic (exact) mass is 346 g/mol. The fourth-order valence-corrected chi connectivity index (χ4v) is 3.62. The Hall–Kier alpha value is -3.01. The zero-order valence-corrected chi connectivity index (χ0v) is 14.7. The third kappa shape index (κ3) is 2.77. The van der Waals surface area contributed by atoms with Crippen molar-refractivity contribution in [2.75, 3.05) is 0 Å². The van der Waals surface area contributed by atoms with Crippen molar-refractivity contribution in [3.05, 3.63) is 89.0 Å². The molecule has 0 N–H and O–H groups in total. The maximum absolute atomic E-state index is 13.2. The Morgan fingerprint density at radius 2 is 1.88 bits per heavy atom. The molecule has 1 aromatic heterocycles. The molecule has 0 unspecified atom stereocenters. The van der Waals surface area contributed by atoms with E-state index >= 15 is 0 Å². The van der Waals surface area contributed by atoms with Crippen LogP contribution in [0.1, 0.15) is 40.0 Å². The summed E-state index contributed by atoms with van der Waals surface area (Å²) < 4.78 is 13.2. The second kappa shape index (κ2) is 6.37. The van der Waals surface area contributed by atoms with E-state index < -0.39 is 0 Å². The highest BCUT2D eigenvalue weighted by molar-refractivity contribution is 6.00. The summed E-state index contributed by atoms with van der Waals surface area (Å²) >= 11 is 0. The first-order valence-corrected chi connectivity index (χ1v) is 8.65. The van der Waals surface area contributed by atoms with Crippen LogP contribution in [-0.2, 0) is 6.54 Å². The summed E-state index contributed by atoms with van der Waals surface area (Å²) in [5.74, 6) is -0.235. The van der Waals surface area contributed by atoms with E-state index in [0.29, 0.717) is 6.54 Å². The highest BCUT2D eigenvalue weighted by atomic mass is 19.1. The summed E-state index contributed by atoms with van der Waals surface area (Å²) in [5, 5.41) is 0. The van der Waals surface area contributed by atoms with Crippen LogP contribution >= 0.6 is 0 Å². The van der Waals surface area contributed by atoms with Gasteiger partial charge in [0.05, 0.1) is 6.04 Å². The summed E-state index contributed by atoms with van der Waals surface area (Å²) in [6.45, 7) is 4.51. The van der Waals surface area contributed by atoms with Crippen molar-refractivity contribution in [3.8, 4) is 11.1 Å². The van der Waals surface area contributed by atoms with E-state index in [1.807, 2.05) is 43.1 Å². The Balaban J connectivity index is 1.69. The standard InChI is InChI=1S/C22H19FN2O/c1-14-10-18(17-4-3-9-24-12-17)11-19-13-25(22(26)21(14)19)15(2)16-5-7-20(23)8-6-16/h3-12,15H,13H2,1-2H3/t15-/m0/s1. The number of benzene rings is 2. The van der Waals surface area contributed by atoms with Gasteiger partial charge in [-0.25, -0.2) is 4.39 Å². The lowest BCUT2D eigenvalue weighted by atomic mass is 9.97. The number of fused-ring (bicyclic) bond motifs is 1. The Bertz CT molecular complexity index is 967. The molecule has 3 nitrogen and oxygen atoms in total. The molecule has 2 heterocycles. The van der Waals surface area contributed by atoms with Crippen molar-refractivity contribution in [1.82, 2.24) is 9.88 Å². The van der Waals surface area contributed by atoms with E-state index in [1.165, 1.54) is 12.1 Å². The zero-order chi connectivity index (χ0) is 18.3. The van der Waals surface area contributed by atoms with Crippen molar-refractivity contribution in [2.24, 2.45) is 0 Å². The van der Waals surface area contributed by atoms with Gasteiger partial charge in [-0.2, -0.15) is 0 Å². The van der Waals surface area contributed by atoms with Gasteiger partial charge in [-0.1, -0.05) is 24.3 Å². The molecule has 0 aliphatic carbocycles. The number of pyridine rings is 1. The summed E-state index contributed by atoms with van der Waals surface area (Å²) in [5.41, 5.74) is 5.82. The molecular weight excluding hydrogens is 327 g/mol. The summed E-state index contributed by atoms with van der Waals surface area (Å²) in [7, 11) is 0. The SMILES string of the molecule is Cc1cc(-c2cccnc2)cc2c1C(=O)N([C@@H](C)c1ccc(F)cc1)C2. The lowest BCUT2D eigenvalue weighted by Crippen LogP contribution is -2.27. The van der Waals surface area contributed by atoms with Gasteiger partial charge in [0.15, 0.2) is 0 Å². The number of nitrogens with zero attached hydrogens (tertiary/aromatic N) is 2. The minimum absolute atomic E-state index is 0.0343. The molecule has 0 spiro atoms.